The van der Waals surface area contributed by atoms with Crippen LogP contribution in [0.3, 0.4) is 0 Å². The Morgan fingerprint density at radius 1 is 1.29 bits per heavy atom. The fraction of sp³-hybridized carbons (Fsp3) is 0.412. The maximum Gasteiger partial charge on any atom is 0.269 e. The molecule has 0 aliphatic heterocycles. The molecular formula is C17H23N3O. The van der Waals surface area contributed by atoms with Gasteiger partial charge in [0.2, 0.25) is 0 Å². The van der Waals surface area contributed by atoms with Crippen LogP contribution in [0.1, 0.15) is 43.2 Å². The molecule has 112 valence electrons. The smallest absolute Gasteiger partial charge is 0.269 e. The highest BCUT2D eigenvalue weighted by Crippen LogP contribution is 2.18. The summed E-state index contributed by atoms with van der Waals surface area (Å²) in [5, 5.41) is 9.93. The number of benzene rings is 1. The second kappa shape index (κ2) is 7.07. The van der Waals surface area contributed by atoms with Crippen LogP contribution in [0.4, 0.5) is 0 Å². The van der Waals surface area contributed by atoms with Gasteiger partial charge in [0.15, 0.2) is 0 Å². The van der Waals surface area contributed by atoms with E-state index in [1.807, 2.05) is 12.1 Å². The van der Waals surface area contributed by atoms with Gasteiger partial charge in [0.1, 0.15) is 5.69 Å². The molecule has 0 saturated carbocycles. The van der Waals surface area contributed by atoms with Gasteiger partial charge < -0.3 is 5.32 Å². The van der Waals surface area contributed by atoms with E-state index in [1.165, 1.54) is 5.56 Å². The molecule has 1 heterocycles. The van der Waals surface area contributed by atoms with Crippen molar-refractivity contribution in [2.75, 3.05) is 6.54 Å². The fourth-order valence-electron chi connectivity index (χ4n) is 2.07. The molecule has 0 fully saturated rings. The number of aromatic nitrogens is 2. The van der Waals surface area contributed by atoms with E-state index in [0.717, 1.165) is 24.1 Å². The Hall–Kier alpha value is -2.10. The van der Waals surface area contributed by atoms with Crippen LogP contribution in [-0.4, -0.2) is 22.6 Å². The maximum absolute atomic E-state index is 12.0. The molecule has 0 aliphatic carbocycles. The molecule has 0 saturated heterocycles. The number of rotatable bonds is 6. The molecule has 2 N–H and O–H groups in total. The third-order valence-electron chi connectivity index (χ3n) is 3.49. The summed E-state index contributed by atoms with van der Waals surface area (Å²) in [4.78, 5) is 12.0. The first-order valence-corrected chi connectivity index (χ1v) is 7.53. The first kappa shape index (κ1) is 15.3. The number of aromatic amines is 1. The van der Waals surface area contributed by atoms with Crippen LogP contribution in [0.25, 0.3) is 11.3 Å². The van der Waals surface area contributed by atoms with Gasteiger partial charge in [0.25, 0.3) is 5.91 Å². The van der Waals surface area contributed by atoms with E-state index in [-0.39, 0.29) is 5.91 Å². The minimum absolute atomic E-state index is 0.0976. The van der Waals surface area contributed by atoms with Gasteiger partial charge in [-0.15, -0.1) is 0 Å². The van der Waals surface area contributed by atoms with E-state index in [9.17, 15) is 4.79 Å². The normalized spacial score (nSPS) is 10.9. The van der Waals surface area contributed by atoms with Crippen LogP contribution >= 0.6 is 0 Å². The SMILES string of the molecule is CCc1ccc(-c2cc(C(=O)NCCC(C)C)[nH]n2)cc1. The van der Waals surface area contributed by atoms with Crippen molar-refractivity contribution >= 4 is 5.91 Å². The lowest BCUT2D eigenvalue weighted by molar-refractivity contribution is 0.0947. The Morgan fingerprint density at radius 2 is 2.00 bits per heavy atom. The summed E-state index contributed by atoms with van der Waals surface area (Å²) in [5.41, 5.74) is 3.62. The average molecular weight is 285 g/mol. The van der Waals surface area contributed by atoms with Crippen LogP contribution in [0.2, 0.25) is 0 Å². The van der Waals surface area contributed by atoms with Gasteiger partial charge >= 0.3 is 0 Å². The maximum atomic E-state index is 12.0. The van der Waals surface area contributed by atoms with E-state index in [1.54, 1.807) is 6.07 Å². The lowest BCUT2D eigenvalue weighted by Gasteiger charge is -2.05. The second-order valence-electron chi connectivity index (χ2n) is 5.66. The van der Waals surface area contributed by atoms with Crippen molar-refractivity contribution in [2.24, 2.45) is 5.92 Å². The monoisotopic (exact) mass is 285 g/mol. The van der Waals surface area contributed by atoms with E-state index in [4.69, 9.17) is 0 Å². The van der Waals surface area contributed by atoms with Crippen molar-refractivity contribution in [3.63, 3.8) is 0 Å². The zero-order valence-corrected chi connectivity index (χ0v) is 12.9. The van der Waals surface area contributed by atoms with Gasteiger partial charge in [-0.25, -0.2) is 0 Å². The van der Waals surface area contributed by atoms with Crippen molar-refractivity contribution in [1.82, 2.24) is 15.5 Å². The lowest BCUT2D eigenvalue weighted by Crippen LogP contribution is -2.25. The van der Waals surface area contributed by atoms with E-state index in [0.29, 0.717) is 18.2 Å². The van der Waals surface area contributed by atoms with Crippen LogP contribution < -0.4 is 5.32 Å². The van der Waals surface area contributed by atoms with Gasteiger partial charge in [0, 0.05) is 12.1 Å². The fourth-order valence-corrected chi connectivity index (χ4v) is 2.07. The minimum atomic E-state index is -0.0976. The van der Waals surface area contributed by atoms with Crippen molar-refractivity contribution in [1.29, 1.82) is 0 Å². The Bertz CT molecular complexity index is 584. The molecule has 4 heteroatoms. The van der Waals surface area contributed by atoms with Crippen molar-refractivity contribution in [3.05, 3.63) is 41.6 Å². The molecule has 4 nitrogen and oxygen atoms in total. The summed E-state index contributed by atoms with van der Waals surface area (Å²) in [5.74, 6) is 0.485. The predicted octanol–water partition coefficient (Wildman–Crippen LogP) is 3.42. The quantitative estimate of drug-likeness (QED) is 0.854. The van der Waals surface area contributed by atoms with Gasteiger partial charge in [-0.05, 0) is 30.4 Å². The number of hydrogen-bond donors (Lipinski definition) is 2. The van der Waals surface area contributed by atoms with E-state index >= 15 is 0 Å². The summed E-state index contributed by atoms with van der Waals surface area (Å²) in [6, 6.07) is 10.1. The highest BCUT2D eigenvalue weighted by atomic mass is 16.1. The van der Waals surface area contributed by atoms with Gasteiger partial charge in [0.05, 0.1) is 5.69 Å². The summed E-state index contributed by atoms with van der Waals surface area (Å²) < 4.78 is 0. The zero-order chi connectivity index (χ0) is 15.2. The molecule has 0 unspecified atom stereocenters. The number of nitrogens with one attached hydrogen (secondary N) is 2. The Balaban J connectivity index is 2.01. The topological polar surface area (TPSA) is 57.8 Å². The van der Waals surface area contributed by atoms with Crippen LogP contribution in [-0.2, 0) is 6.42 Å². The van der Waals surface area contributed by atoms with Crippen LogP contribution in [0.5, 0.6) is 0 Å². The number of carbonyl (C=O) groups excluding carboxylic acids is 1. The number of hydrogen-bond acceptors (Lipinski definition) is 2. The molecule has 1 amide bonds. The lowest BCUT2D eigenvalue weighted by atomic mass is 10.1. The molecule has 0 atom stereocenters. The number of nitrogens with zero attached hydrogens (tertiary/aromatic N) is 1. The molecule has 1 aromatic carbocycles. The molecular weight excluding hydrogens is 262 g/mol. The Morgan fingerprint density at radius 3 is 2.62 bits per heavy atom. The van der Waals surface area contributed by atoms with Gasteiger partial charge in [-0.3, -0.25) is 9.89 Å². The third-order valence-corrected chi connectivity index (χ3v) is 3.49. The van der Waals surface area contributed by atoms with E-state index in [2.05, 4.69) is 48.4 Å². The van der Waals surface area contributed by atoms with E-state index < -0.39 is 0 Å². The predicted molar refractivity (Wildman–Crippen MR) is 85.2 cm³/mol. The summed E-state index contributed by atoms with van der Waals surface area (Å²) >= 11 is 0. The molecule has 2 rings (SSSR count). The zero-order valence-electron chi connectivity index (χ0n) is 12.9. The summed E-state index contributed by atoms with van der Waals surface area (Å²) in [7, 11) is 0. The highest BCUT2D eigenvalue weighted by Gasteiger charge is 2.10. The Kier molecular flexibility index (Phi) is 5.14. The standard InChI is InChI=1S/C17H23N3O/c1-4-13-5-7-14(8-6-13)15-11-16(20-19-15)17(21)18-10-9-12(2)3/h5-8,11-12H,4,9-10H2,1-3H3,(H,18,21)(H,19,20). The van der Waals surface area contributed by atoms with Crippen molar-refractivity contribution in [2.45, 2.75) is 33.6 Å². The summed E-state index contributed by atoms with van der Waals surface area (Å²) in [6.07, 6.45) is 2.00. The first-order chi connectivity index (χ1) is 10.1. The Labute approximate surface area is 126 Å². The number of carbonyl (C=O) groups is 1. The number of amides is 1. The molecule has 0 radical (unpaired) electrons. The van der Waals surface area contributed by atoms with Gasteiger partial charge in [-0.1, -0.05) is 45.0 Å². The minimum Gasteiger partial charge on any atom is -0.351 e. The second-order valence-corrected chi connectivity index (χ2v) is 5.66. The molecule has 1 aromatic heterocycles. The van der Waals surface area contributed by atoms with Crippen molar-refractivity contribution < 1.29 is 4.79 Å². The highest BCUT2D eigenvalue weighted by molar-refractivity contribution is 5.93. The number of aryl methyl sites for hydroxylation is 1. The summed E-state index contributed by atoms with van der Waals surface area (Å²) in [6.45, 7) is 7.10. The van der Waals surface area contributed by atoms with Crippen molar-refractivity contribution in [3.8, 4) is 11.3 Å². The molecule has 2 aromatic rings. The molecule has 0 aliphatic rings. The van der Waals surface area contributed by atoms with Crippen LogP contribution in [0.15, 0.2) is 30.3 Å². The average Bonchev–Trinajstić information content (AvgIpc) is 2.97. The van der Waals surface area contributed by atoms with Crippen LogP contribution in [0, 0.1) is 5.92 Å². The largest absolute Gasteiger partial charge is 0.351 e. The van der Waals surface area contributed by atoms with Gasteiger partial charge in [-0.2, -0.15) is 5.10 Å². The molecule has 21 heavy (non-hydrogen) atoms. The first-order valence-electron chi connectivity index (χ1n) is 7.53. The molecule has 0 bridgehead atoms. The molecule has 0 spiro atoms. The number of H-pyrrole nitrogens is 1. The third kappa shape index (κ3) is 4.18.